The molecule has 1 unspecified atom stereocenters. The van der Waals surface area contributed by atoms with Crippen LogP contribution in [0.1, 0.15) is 6.42 Å². The zero-order valence-corrected chi connectivity index (χ0v) is 9.97. The number of hydrogen-bond donors (Lipinski definition) is 1. The number of amides is 1. The monoisotopic (exact) mass is 220 g/mol. The summed E-state index contributed by atoms with van der Waals surface area (Å²) in [6.07, 6.45) is 2.60. The number of likely N-dealkylation sites (N-methyl/N-ethyl adjacent to an activating group) is 1. The molecule has 2 N–H and O–H groups in total. The highest BCUT2D eigenvalue weighted by atomic mass is 32.2. The Morgan fingerprint density at radius 1 is 1.64 bits per heavy atom. The van der Waals surface area contributed by atoms with Gasteiger partial charge in [0.1, 0.15) is 0 Å². The maximum atomic E-state index is 11.6. The fraction of sp³-hybridized carbons (Fsp3) is 0.889. The van der Waals surface area contributed by atoms with Gasteiger partial charge in [-0.1, -0.05) is 0 Å². The minimum absolute atomic E-state index is 0.00361. The number of ether oxygens (including phenoxy) is 1. The molecule has 0 bridgehead atoms. The van der Waals surface area contributed by atoms with Gasteiger partial charge in [0.25, 0.3) is 0 Å². The quantitative estimate of drug-likeness (QED) is 0.664. The van der Waals surface area contributed by atoms with Crippen molar-refractivity contribution in [2.45, 2.75) is 12.5 Å². The van der Waals surface area contributed by atoms with Gasteiger partial charge in [-0.05, 0) is 12.7 Å². The Morgan fingerprint density at radius 2 is 2.29 bits per heavy atom. The van der Waals surface area contributed by atoms with Crippen molar-refractivity contribution in [3.8, 4) is 0 Å². The molecule has 4 nitrogen and oxygen atoms in total. The van der Waals surface area contributed by atoms with Gasteiger partial charge in [0.15, 0.2) is 0 Å². The predicted octanol–water partition coefficient (Wildman–Crippen LogP) is 0.172. The molecule has 0 spiro atoms. The normalized spacial score (nSPS) is 12.6. The first-order valence-electron chi connectivity index (χ1n) is 4.62. The van der Waals surface area contributed by atoms with Crippen LogP contribution in [0, 0.1) is 0 Å². The second kappa shape index (κ2) is 8.08. The minimum Gasteiger partial charge on any atom is -0.385 e. The van der Waals surface area contributed by atoms with Crippen molar-refractivity contribution >= 4 is 17.7 Å². The Balaban J connectivity index is 3.78. The number of nitrogens with two attached hydrogens (primary N) is 1. The zero-order chi connectivity index (χ0) is 11.0. The summed E-state index contributed by atoms with van der Waals surface area (Å²) in [7, 11) is 3.39. The van der Waals surface area contributed by atoms with E-state index in [2.05, 4.69) is 0 Å². The zero-order valence-electron chi connectivity index (χ0n) is 9.16. The van der Waals surface area contributed by atoms with Crippen molar-refractivity contribution in [1.29, 1.82) is 0 Å². The van der Waals surface area contributed by atoms with Crippen molar-refractivity contribution in [3.63, 3.8) is 0 Å². The van der Waals surface area contributed by atoms with Crippen molar-refractivity contribution in [3.05, 3.63) is 0 Å². The largest absolute Gasteiger partial charge is 0.385 e. The lowest BCUT2D eigenvalue weighted by Crippen LogP contribution is -2.43. The van der Waals surface area contributed by atoms with Crippen LogP contribution in [0.15, 0.2) is 0 Å². The first-order valence-corrected chi connectivity index (χ1v) is 6.01. The highest BCUT2D eigenvalue weighted by molar-refractivity contribution is 7.98. The molecule has 0 aromatic rings. The number of hydrogen-bond acceptors (Lipinski definition) is 4. The number of carbonyl (C=O) groups is 1. The van der Waals surface area contributed by atoms with E-state index >= 15 is 0 Å². The summed E-state index contributed by atoms with van der Waals surface area (Å²) in [6.45, 7) is 1.28. The Hall–Kier alpha value is -0.260. The molecule has 0 radical (unpaired) electrons. The molecule has 0 aliphatic heterocycles. The fourth-order valence-corrected chi connectivity index (χ4v) is 1.45. The third-order valence-electron chi connectivity index (χ3n) is 1.96. The van der Waals surface area contributed by atoms with E-state index in [4.69, 9.17) is 10.5 Å². The third kappa shape index (κ3) is 5.47. The SMILES string of the molecule is COCCC(N)C(=O)N(C)CCSC. The lowest BCUT2D eigenvalue weighted by molar-refractivity contribution is -0.131. The molecule has 0 rings (SSSR count). The van der Waals surface area contributed by atoms with Crippen LogP contribution < -0.4 is 5.73 Å². The van der Waals surface area contributed by atoms with E-state index in [0.29, 0.717) is 13.0 Å². The lowest BCUT2D eigenvalue weighted by atomic mass is 10.2. The molecule has 0 saturated heterocycles. The van der Waals surface area contributed by atoms with Crippen LogP contribution in [-0.2, 0) is 9.53 Å². The van der Waals surface area contributed by atoms with Gasteiger partial charge in [0.2, 0.25) is 5.91 Å². The second-order valence-corrected chi connectivity index (χ2v) is 4.13. The summed E-state index contributed by atoms with van der Waals surface area (Å²) >= 11 is 1.72. The molecule has 0 saturated carbocycles. The first kappa shape index (κ1) is 13.7. The van der Waals surface area contributed by atoms with E-state index in [1.165, 1.54) is 0 Å². The van der Waals surface area contributed by atoms with Gasteiger partial charge in [-0.15, -0.1) is 0 Å². The summed E-state index contributed by atoms with van der Waals surface area (Å²) in [4.78, 5) is 13.3. The average Bonchev–Trinajstić information content (AvgIpc) is 2.21. The molecule has 1 atom stereocenters. The molecule has 14 heavy (non-hydrogen) atoms. The molecular weight excluding hydrogens is 200 g/mol. The van der Waals surface area contributed by atoms with Gasteiger partial charge in [0.05, 0.1) is 6.04 Å². The first-order chi connectivity index (χ1) is 6.63. The summed E-state index contributed by atoms with van der Waals surface area (Å²) in [5.74, 6) is 0.940. The summed E-state index contributed by atoms with van der Waals surface area (Å²) in [6, 6.07) is -0.429. The maximum absolute atomic E-state index is 11.6. The van der Waals surface area contributed by atoms with E-state index in [-0.39, 0.29) is 5.91 Å². The van der Waals surface area contributed by atoms with Crippen LogP contribution in [0.3, 0.4) is 0 Å². The maximum Gasteiger partial charge on any atom is 0.239 e. The lowest BCUT2D eigenvalue weighted by Gasteiger charge is -2.20. The van der Waals surface area contributed by atoms with Crippen LogP contribution in [0.5, 0.6) is 0 Å². The van der Waals surface area contributed by atoms with E-state index < -0.39 is 6.04 Å². The molecular formula is C9H20N2O2S. The molecule has 0 aromatic heterocycles. The molecule has 0 aliphatic carbocycles. The topological polar surface area (TPSA) is 55.6 Å². The van der Waals surface area contributed by atoms with Gasteiger partial charge in [0, 0.05) is 33.1 Å². The molecule has 5 heteroatoms. The molecule has 0 fully saturated rings. The fourth-order valence-electron chi connectivity index (χ4n) is 0.990. The Labute approximate surface area is 90.2 Å². The molecule has 1 amide bonds. The van der Waals surface area contributed by atoms with Gasteiger partial charge in [-0.2, -0.15) is 11.8 Å². The van der Waals surface area contributed by atoms with Crippen molar-refractivity contribution in [1.82, 2.24) is 4.90 Å². The Kier molecular flexibility index (Phi) is 7.93. The van der Waals surface area contributed by atoms with Gasteiger partial charge < -0.3 is 15.4 Å². The van der Waals surface area contributed by atoms with Crippen LogP contribution in [0.2, 0.25) is 0 Å². The molecule has 0 aromatic carbocycles. The average molecular weight is 220 g/mol. The summed E-state index contributed by atoms with van der Waals surface area (Å²) in [5, 5.41) is 0. The highest BCUT2D eigenvalue weighted by Gasteiger charge is 2.16. The number of rotatable bonds is 7. The third-order valence-corrected chi connectivity index (χ3v) is 2.55. The number of thioether (sulfide) groups is 1. The highest BCUT2D eigenvalue weighted by Crippen LogP contribution is 1.98. The standard InChI is InChI=1S/C9H20N2O2S/c1-11(5-7-14-3)9(12)8(10)4-6-13-2/h8H,4-7,10H2,1-3H3. The molecule has 0 heterocycles. The van der Waals surface area contributed by atoms with Crippen LogP contribution in [-0.4, -0.2) is 56.2 Å². The van der Waals surface area contributed by atoms with Crippen molar-refractivity contribution in [2.24, 2.45) is 5.73 Å². The van der Waals surface area contributed by atoms with Crippen molar-refractivity contribution in [2.75, 3.05) is 39.3 Å². The minimum atomic E-state index is -0.429. The van der Waals surface area contributed by atoms with E-state index in [9.17, 15) is 4.79 Å². The summed E-state index contributed by atoms with van der Waals surface area (Å²) < 4.78 is 4.87. The number of nitrogens with zero attached hydrogens (tertiary/aromatic N) is 1. The Bertz CT molecular complexity index is 151. The van der Waals surface area contributed by atoms with Gasteiger partial charge in [-0.3, -0.25) is 4.79 Å². The van der Waals surface area contributed by atoms with E-state index in [1.54, 1.807) is 30.8 Å². The Morgan fingerprint density at radius 3 is 2.79 bits per heavy atom. The number of methoxy groups -OCH3 is 1. The predicted molar refractivity (Wildman–Crippen MR) is 60.5 cm³/mol. The second-order valence-electron chi connectivity index (χ2n) is 3.14. The van der Waals surface area contributed by atoms with Gasteiger partial charge in [-0.25, -0.2) is 0 Å². The van der Waals surface area contributed by atoms with Crippen molar-refractivity contribution < 1.29 is 9.53 Å². The van der Waals surface area contributed by atoms with Crippen LogP contribution in [0.4, 0.5) is 0 Å². The van der Waals surface area contributed by atoms with Gasteiger partial charge >= 0.3 is 0 Å². The smallest absolute Gasteiger partial charge is 0.239 e. The number of carbonyl (C=O) groups excluding carboxylic acids is 1. The van der Waals surface area contributed by atoms with E-state index in [1.807, 2.05) is 6.26 Å². The van der Waals surface area contributed by atoms with Crippen LogP contribution >= 0.6 is 11.8 Å². The van der Waals surface area contributed by atoms with E-state index in [0.717, 1.165) is 12.3 Å². The van der Waals surface area contributed by atoms with Crippen LogP contribution in [0.25, 0.3) is 0 Å². The summed E-state index contributed by atoms with van der Waals surface area (Å²) in [5.41, 5.74) is 5.70. The molecule has 84 valence electrons. The molecule has 0 aliphatic rings.